The van der Waals surface area contributed by atoms with E-state index in [0.717, 1.165) is 47.9 Å². The maximum Gasteiger partial charge on any atom is 0.230 e. The second-order valence-electron chi connectivity index (χ2n) is 5.88. The molecule has 0 radical (unpaired) electrons. The highest BCUT2D eigenvalue weighted by Crippen LogP contribution is 2.41. The summed E-state index contributed by atoms with van der Waals surface area (Å²) in [5.74, 6) is 1.06. The molecule has 1 aliphatic rings. The van der Waals surface area contributed by atoms with E-state index in [2.05, 4.69) is 33.4 Å². The van der Waals surface area contributed by atoms with Crippen LogP contribution in [0.15, 0.2) is 51.6 Å². The molecular weight excluding hydrogens is 342 g/mol. The number of amides is 1. The lowest BCUT2D eigenvalue weighted by atomic mass is 9.78. The van der Waals surface area contributed by atoms with E-state index in [9.17, 15) is 4.79 Å². The van der Waals surface area contributed by atoms with Crippen molar-refractivity contribution in [1.29, 1.82) is 0 Å². The molecule has 1 heterocycles. The molecule has 0 saturated heterocycles. The molecule has 1 saturated carbocycles. The Morgan fingerprint density at radius 2 is 1.91 bits per heavy atom. The average Bonchev–Trinajstić information content (AvgIpc) is 3.20. The van der Waals surface area contributed by atoms with Crippen LogP contribution in [0.3, 0.4) is 0 Å². The minimum atomic E-state index is -0.357. The van der Waals surface area contributed by atoms with Crippen molar-refractivity contribution in [3.05, 3.63) is 58.5 Å². The molecule has 0 atom stereocenters. The summed E-state index contributed by atoms with van der Waals surface area (Å²) in [6.07, 6.45) is 6.48. The van der Waals surface area contributed by atoms with Crippen LogP contribution in [0.4, 0.5) is 0 Å². The summed E-state index contributed by atoms with van der Waals surface area (Å²) in [4.78, 5) is 12.8. The average molecular weight is 362 g/mol. The summed E-state index contributed by atoms with van der Waals surface area (Å²) >= 11 is 3.46. The van der Waals surface area contributed by atoms with Gasteiger partial charge in [-0.3, -0.25) is 4.79 Å². The number of benzene rings is 1. The third-order valence-corrected chi connectivity index (χ3v) is 5.05. The van der Waals surface area contributed by atoms with Crippen LogP contribution >= 0.6 is 15.9 Å². The number of hydrogen-bond acceptors (Lipinski definition) is 2. The molecule has 1 amide bonds. The largest absolute Gasteiger partial charge is 0.469 e. The second-order valence-corrected chi connectivity index (χ2v) is 6.80. The van der Waals surface area contributed by atoms with E-state index in [0.29, 0.717) is 6.54 Å². The lowest BCUT2D eigenvalue weighted by Gasteiger charge is -2.28. The van der Waals surface area contributed by atoms with Gasteiger partial charge in [-0.1, -0.05) is 40.9 Å². The van der Waals surface area contributed by atoms with Crippen molar-refractivity contribution >= 4 is 21.8 Å². The van der Waals surface area contributed by atoms with Gasteiger partial charge in [-0.2, -0.15) is 0 Å². The van der Waals surface area contributed by atoms with Gasteiger partial charge in [-0.15, -0.1) is 0 Å². The maximum absolute atomic E-state index is 12.8. The van der Waals surface area contributed by atoms with E-state index < -0.39 is 0 Å². The lowest BCUT2D eigenvalue weighted by molar-refractivity contribution is -0.126. The van der Waals surface area contributed by atoms with Gasteiger partial charge in [0.15, 0.2) is 0 Å². The van der Waals surface area contributed by atoms with Crippen molar-refractivity contribution in [3.63, 3.8) is 0 Å². The van der Waals surface area contributed by atoms with Crippen LogP contribution in [-0.2, 0) is 16.6 Å². The zero-order valence-corrected chi connectivity index (χ0v) is 14.1. The zero-order valence-electron chi connectivity index (χ0n) is 12.5. The number of nitrogens with one attached hydrogen (secondary N) is 1. The van der Waals surface area contributed by atoms with Crippen molar-refractivity contribution in [2.24, 2.45) is 0 Å². The van der Waals surface area contributed by atoms with Crippen LogP contribution < -0.4 is 5.32 Å². The van der Waals surface area contributed by atoms with Gasteiger partial charge < -0.3 is 9.73 Å². The highest BCUT2D eigenvalue weighted by Gasteiger charge is 2.42. The molecular formula is C18H20BrNO2. The minimum absolute atomic E-state index is 0.152. The molecule has 2 aromatic rings. The van der Waals surface area contributed by atoms with Gasteiger partial charge in [-0.25, -0.2) is 0 Å². The molecule has 1 N–H and O–H groups in total. The first-order valence-corrected chi connectivity index (χ1v) is 8.57. The first kappa shape index (κ1) is 15.3. The smallest absolute Gasteiger partial charge is 0.230 e. The Morgan fingerprint density at radius 1 is 1.18 bits per heavy atom. The summed E-state index contributed by atoms with van der Waals surface area (Å²) in [5.41, 5.74) is 0.771. The highest BCUT2D eigenvalue weighted by atomic mass is 79.9. The van der Waals surface area contributed by atoms with Crippen LogP contribution in [-0.4, -0.2) is 12.5 Å². The molecule has 22 heavy (non-hydrogen) atoms. The Balaban J connectivity index is 1.70. The summed E-state index contributed by atoms with van der Waals surface area (Å²) in [5, 5.41) is 3.11. The fraction of sp³-hybridized carbons (Fsp3) is 0.389. The fourth-order valence-electron chi connectivity index (χ4n) is 3.32. The molecule has 116 valence electrons. The van der Waals surface area contributed by atoms with Gasteiger partial charge in [0.1, 0.15) is 5.76 Å². The third kappa shape index (κ3) is 3.12. The van der Waals surface area contributed by atoms with E-state index >= 15 is 0 Å². The highest BCUT2D eigenvalue weighted by molar-refractivity contribution is 9.10. The Morgan fingerprint density at radius 3 is 2.55 bits per heavy atom. The predicted molar refractivity (Wildman–Crippen MR) is 89.7 cm³/mol. The monoisotopic (exact) mass is 361 g/mol. The van der Waals surface area contributed by atoms with Crippen molar-refractivity contribution in [2.45, 2.75) is 37.5 Å². The molecule has 1 aromatic carbocycles. The Hall–Kier alpha value is -1.55. The zero-order chi connectivity index (χ0) is 15.4. The number of furan rings is 1. The normalized spacial score (nSPS) is 16.6. The molecule has 0 unspecified atom stereocenters. The van der Waals surface area contributed by atoms with Gasteiger partial charge in [0.05, 0.1) is 11.7 Å². The van der Waals surface area contributed by atoms with Crippen LogP contribution in [0.25, 0.3) is 0 Å². The molecule has 0 aliphatic heterocycles. The Labute approximate surface area is 139 Å². The van der Waals surface area contributed by atoms with Gasteiger partial charge in [0, 0.05) is 17.4 Å². The van der Waals surface area contributed by atoms with E-state index in [1.54, 1.807) is 6.26 Å². The standard InChI is InChI=1S/C18H20BrNO2/c19-15-7-5-14(6-8-15)18(10-1-2-11-18)17(21)20-12-9-16-4-3-13-22-16/h3-8,13H,1-2,9-12H2,(H,20,21). The molecule has 0 bridgehead atoms. The van der Waals surface area contributed by atoms with E-state index in [1.165, 1.54) is 0 Å². The lowest BCUT2D eigenvalue weighted by Crippen LogP contribution is -2.43. The predicted octanol–water partition coefficient (Wildman–Crippen LogP) is 4.21. The van der Waals surface area contributed by atoms with Crippen molar-refractivity contribution in [2.75, 3.05) is 6.54 Å². The Kier molecular flexibility index (Phi) is 4.67. The Bertz CT molecular complexity index is 613. The van der Waals surface area contributed by atoms with Crippen molar-refractivity contribution in [3.8, 4) is 0 Å². The fourth-order valence-corrected chi connectivity index (χ4v) is 3.58. The van der Waals surface area contributed by atoms with E-state index in [-0.39, 0.29) is 11.3 Å². The first-order chi connectivity index (χ1) is 10.7. The van der Waals surface area contributed by atoms with Crippen molar-refractivity contribution in [1.82, 2.24) is 5.32 Å². The maximum atomic E-state index is 12.8. The van der Waals surface area contributed by atoms with Crippen LogP contribution in [0.1, 0.15) is 37.0 Å². The summed E-state index contributed by atoms with van der Waals surface area (Å²) < 4.78 is 6.35. The summed E-state index contributed by atoms with van der Waals surface area (Å²) in [7, 11) is 0. The summed E-state index contributed by atoms with van der Waals surface area (Å²) in [6.45, 7) is 0.616. The molecule has 1 aromatic heterocycles. The molecule has 3 nitrogen and oxygen atoms in total. The van der Waals surface area contributed by atoms with Crippen molar-refractivity contribution < 1.29 is 9.21 Å². The molecule has 1 fully saturated rings. The topological polar surface area (TPSA) is 42.2 Å². The molecule has 4 heteroatoms. The first-order valence-electron chi connectivity index (χ1n) is 7.77. The van der Waals surface area contributed by atoms with E-state index in [4.69, 9.17) is 4.42 Å². The number of rotatable bonds is 5. The van der Waals surface area contributed by atoms with Crippen LogP contribution in [0.5, 0.6) is 0 Å². The van der Waals surface area contributed by atoms with Gasteiger partial charge in [0.25, 0.3) is 0 Å². The molecule has 3 rings (SSSR count). The second kappa shape index (κ2) is 6.69. The van der Waals surface area contributed by atoms with Gasteiger partial charge >= 0.3 is 0 Å². The SMILES string of the molecule is O=C(NCCc1ccco1)C1(c2ccc(Br)cc2)CCCC1. The van der Waals surface area contributed by atoms with Crippen LogP contribution in [0.2, 0.25) is 0 Å². The molecule has 1 aliphatic carbocycles. The third-order valence-electron chi connectivity index (χ3n) is 4.53. The number of halogens is 1. The quantitative estimate of drug-likeness (QED) is 0.866. The summed E-state index contributed by atoms with van der Waals surface area (Å²) in [6, 6.07) is 12.0. The van der Waals surface area contributed by atoms with Crippen LogP contribution in [0, 0.1) is 0 Å². The number of carbonyl (C=O) groups excluding carboxylic acids is 1. The number of carbonyl (C=O) groups is 1. The minimum Gasteiger partial charge on any atom is -0.469 e. The van der Waals surface area contributed by atoms with Gasteiger partial charge in [-0.05, 0) is 42.7 Å². The molecule has 0 spiro atoms. The van der Waals surface area contributed by atoms with E-state index in [1.807, 2.05) is 24.3 Å². The van der Waals surface area contributed by atoms with Gasteiger partial charge in [0.2, 0.25) is 5.91 Å². The number of hydrogen-bond donors (Lipinski definition) is 1.